The second kappa shape index (κ2) is 13.8. The lowest BCUT2D eigenvalue weighted by atomic mass is 10.0. The minimum atomic E-state index is 0.293. The van der Waals surface area contributed by atoms with Gasteiger partial charge in [0, 0.05) is 29.3 Å². The van der Waals surface area contributed by atoms with Crippen LogP contribution in [0.4, 0.5) is 0 Å². The van der Waals surface area contributed by atoms with Crippen molar-refractivity contribution >= 4 is 17.2 Å². The second-order valence-electron chi connectivity index (χ2n) is 9.34. The molecule has 176 valence electrons. The van der Waals surface area contributed by atoms with Gasteiger partial charge in [-0.1, -0.05) is 51.0 Å². The van der Waals surface area contributed by atoms with Gasteiger partial charge in [0.2, 0.25) is 5.91 Å². The molecule has 0 radical (unpaired) electrons. The molecule has 0 aliphatic carbocycles. The molecule has 3 nitrogen and oxygen atoms in total. The van der Waals surface area contributed by atoms with Crippen LogP contribution in [0.2, 0.25) is 0 Å². The highest BCUT2D eigenvalue weighted by Gasteiger charge is 2.19. The summed E-state index contributed by atoms with van der Waals surface area (Å²) in [6.07, 6.45) is 11.5. The Morgan fingerprint density at radius 1 is 0.906 bits per heavy atom. The van der Waals surface area contributed by atoms with Crippen molar-refractivity contribution in [3.8, 4) is 0 Å². The first-order valence-corrected chi connectivity index (χ1v) is 13.5. The Morgan fingerprint density at radius 2 is 1.53 bits per heavy atom. The van der Waals surface area contributed by atoms with Crippen LogP contribution in [0.1, 0.15) is 73.3 Å². The number of carbonyl (C=O) groups is 1. The summed E-state index contributed by atoms with van der Waals surface area (Å²) in [5.74, 6) is 0.725. The topological polar surface area (TPSA) is 29.5 Å². The van der Waals surface area contributed by atoms with E-state index in [-0.39, 0.29) is 0 Å². The Hall–Kier alpha value is -1.65. The molecule has 1 unspecified atom stereocenters. The zero-order chi connectivity index (χ0) is 22.6. The molecule has 1 aliphatic rings. The fraction of sp³-hybridized carbons (Fsp3) is 0.607. The van der Waals surface area contributed by atoms with E-state index in [4.69, 9.17) is 4.74 Å². The number of ether oxygens (including phenoxy) is 1. The predicted octanol–water partition coefficient (Wildman–Crippen LogP) is 6.47. The van der Waals surface area contributed by atoms with Crippen LogP contribution in [0.3, 0.4) is 0 Å². The average molecular weight is 456 g/mol. The van der Waals surface area contributed by atoms with Crippen LogP contribution in [0, 0.1) is 5.92 Å². The van der Waals surface area contributed by atoms with E-state index in [9.17, 15) is 4.79 Å². The average Bonchev–Trinajstić information content (AvgIpc) is 3.27. The number of carbonyl (C=O) groups excluding carboxylic acids is 1. The number of amides is 1. The third kappa shape index (κ3) is 8.71. The first-order valence-electron chi connectivity index (χ1n) is 12.6. The number of unbranched alkanes of at least 4 members (excludes halogenated alkanes) is 2. The summed E-state index contributed by atoms with van der Waals surface area (Å²) >= 11 is 1.96. The van der Waals surface area contributed by atoms with Crippen LogP contribution < -0.4 is 0 Å². The lowest BCUT2D eigenvalue weighted by Gasteiger charge is -2.27. The molecular formula is C28H41NO2S. The number of aryl methyl sites for hydroxylation is 4. The Morgan fingerprint density at radius 3 is 2.19 bits per heavy atom. The molecule has 1 amide bonds. The highest BCUT2D eigenvalue weighted by molar-refractivity contribution is 7.11. The van der Waals surface area contributed by atoms with Crippen LogP contribution in [-0.4, -0.2) is 37.1 Å². The molecular weight excluding hydrogens is 414 g/mol. The lowest BCUT2D eigenvalue weighted by Crippen LogP contribution is -2.41. The number of rotatable bonds is 13. The molecule has 2 aromatic rings. The molecule has 32 heavy (non-hydrogen) atoms. The minimum Gasteiger partial charge on any atom is -0.378 e. The van der Waals surface area contributed by atoms with Crippen LogP contribution in [0.15, 0.2) is 36.4 Å². The molecule has 1 saturated heterocycles. The normalized spacial score (nSPS) is 15.1. The number of morpholine rings is 1. The largest absolute Gasteiger partial charge is 0.378 e. The van der Waals surface area contributed by atoms with Gasteiger partial charge in [0.15, 0.2) is 0 Å². The van der Waals surface area contributed by atoms with Gasteiger partial charge in [-0.25, -0.2) is 0 Å². The van der Waals surface area contributed by atoms with E-state index in [2.05, 4.69) is 50.2 Å². The molecule has 0 bridgehead atoms. The number of hydrogen-bond acceptors (Lipinski definition) is 3. The van der Waals surface area contributed by atoms with E-state index in [1.54, 1.807) is 0 Å². The predicted molar refractivity (Wildman–Crippen MR) is 136 cm³/mol. The molecule has 1 aliphatic heterocycles. The number of nitrogens with zero attached hydrogens (tertiary/aromatic N) is 1. The molecule has 1 aromatic carbocycles. The van der Waals surface area contributed by atoms with Crippen LogP contribution >= 0.6 is 11.3 Å². The van der Waals surface area contributed by atoms with Gasteiger partial charge in [0.05, 0.1) is 13.2 Å². The van der Waals surface area contributed by atoms with E-state index in [1.165, 1.54) is 53.0 Å². The second-order valence-corrected chi connectivity index (χ2v) is 10.6. The van der Waals surface area contributed by atoms with Gasteiger partial charge in [-0.15, -0.1) is 11.3 Å². The van der Waals surface area contributed by atoms with Crippen molar-refractivity contribution in [2.24, 2.45) is 5.92 Å². The van der Waals surface area contributed by atoms with Crippen LogP contribution in [0.5, 0.6) is 0 Å². The summed E-state index contributed by atoms with van der Waals surface area (Å²) in [6, 6.07) is 13.9. The van der Waals surface area contributed by atoms with Gasteiger partial charge in [0.1, 0.15) is 0 Å². The number of hydrogen-bond donors (Lipinski definition) is 0. The third-order valence-corrected chi connectivity index (χ3v) is 7.67. The Labute approximate surface area is 199 Å². The maximum Gasteiger partial charge on any atom is 0.222 e. The van der Waals surface area contributed by atoms with E-state index in [1.807, 2.05) is 16.2 Å². The molecule has 1 atom stereocenters. The molecule has 1 fully saturated rings. The summed E-state index contributed by atoms with van der Waals surface area (Å²) in [5.41, 5.74) is 2.94. The lowest BCUT2D eigenvalue weighted by molar-refractivity contribution is -0.136. The summed E-state index contributed by atoms with van der Waals surface area (Å²) in [5, 5.41) is 0. The summed E-state index contributed by atoms with van der Waals surface area (Å²) in [7, 11) is 0. The molecule has 3 rings (SSSR count). The van der Waals surface area contributed by atoms with Crippen molar-refractivity contribution in [2.75, 3.05) is 26.3 Å². The van der Waals surface area contributed by atoms with Crippen molar-refractivity contribution in [1.82, 2.24) is 4.90 Å². The summed E-state index contributed by atoms with van der Waals surface area (Å²) in [4.78, 5) is 17.3. The highest BCUT2D eigenvalue weighted by atomic mass is 32.1. The smallest absolute Gasteiger partial charge is 0.222 e. The van der Waals surface area contributed by atoms with E-state index in [0.717, 1.165) is 38.8 Å². The van der Waals surface area contributed by atoms with E-state index < -0.39 is 0 Å². The molecule has 0 N–H and O–H groups in total. The molecule has 4 heteroatoms. The monoisotopic (exact) mass is 455 g/mol. The quantitative estimate of drug-likeness (QED) is 0.324. The van der Waals surface area contributed by atoms with Crippen LogP contribution in [0.25, 0.3) is 0 Å². The first kappa shape index (κ1) is 25.0. The fourth-order valence-corrected chi connectivity index (χ4v) is 5.42. The van der Waals surface area contributed by atoms with Gasteiger partial charge in [-0.3, -0.25) is 4.79 Å². The van der Waals surface area contributed by atoms with Crippen molar-refractivity contribution in [1.29, 1.82) is 0 Å². The minimum absolute atomic E-state index is 0.293. The van der Waals surface area contributed by atoms with Crippen molar-refractivity contribution in [2.45, 2.75) is 78.1 Å². The maximum absolute atomic E-state index is 12.4. The number of benzene rings is 1. The molecule has 2 heterocycles. The van der Waals surface area contributed by atoms with Crippen molar-refractivity contribution in [3.05, 3.63) is 57.3 Å². The molecule has 1 aromatic heterocycles. The van der Waals surface area contributed by atoms with Crippen LogP contribution in [-0.2, 0) is 35.2 Å². The number of thiophene rings is 1. The summed E-state index contributed by atoms with van der Waals surface area (Å²) in [6.45, 7) is 7.34. The van der Waals surface area contributed by atoms with Gasteiger partial charge in [-0.2, -0.15) is 0 Å². The Bertz CT molecular complexity index is 792. The molecule has 0 spiro atoms. The van der Waals surface area contributed by atoms with Gasteiger partial charge >= 0.3 is 0 Å². The zero-order valence-electron chi connectivity index (χ0n) is 20.1. The Kier molecular flexibility index (Phi) is 10.8. The first-order chi connectivity index (χ1) is 15.6. The van der Waals surface area contributed by atoms with Crippen molar-refractivity contribution < 1.29 is 9.53 Å². The van der Waals surface area contributed by atoms with Gasteiger partial charge in [-0.05, 0) is 74.1 Å². The van der Waals surface area contributed by atoms with Gasteiger partial charge < -0.3 is 9.64 Å². The summed E-state index contributed by atoms with van der Waals surface area (Å²) < 4.78 is 5.34. The Balaban J connectivity index is 1.32. The fourth-order valence-electron chi connectivity index (χ4n) is 4.34. The standard InChI is InChI=1S/C28H41NO2S/c1-3-4-5-7-24-11-13-25(14-12-24)8-6-9-26-16-17-27(32-26)15-10-23(2)22-28(30)29-18-20-31-21-19-29/h11-14,16-17,23H,3-10,15,18-22H2,1-2H3. The SMILES string of the molecule is CCCCCc1ccc(CCCc2ccc(CCC(C)CC(=O)N3CCOCC3)s2)cc1. The van der Waals surface area contributed by atoms with E-state index >= 15 is 0 Å². The van der Waals surface area contributed by atoms with Gasteiger partial charge in [0.25, 0.3) is 0 Å². The van der Waals surface area contributed by atoms with Crippen molar-refractivity contribution in [3.63, 3.8) is 0 Å². The third-order valence-electron chi connectivity index (χ3n) is 6.47. The maximum atomic E-state index is 12.4. The highest BCUT2D eigenvalue weighted by Crippen LogP contribution is 2.23. The zero-order valence-corrected chi connectivity index (χ0v) is 20.9. The molecule has 0 saturated carbocycles. The van der Waals surface area contributed by atoms with E-state index in [0.29, 0.717) is 31.5 Å².